The molecule has 1 saturated heterocycles. The van der Waals surface area contributed by atoms with Gasteiger partial charge >= 0.3 is 0 Å². The zero-order chi connectivity index (χ0) is 15.1. The van der Waals surface area contributed by atoms with Crippen molar-refractivity contribution in [3.8, 4) is 5.75 Å². The number of halogens is 2. The molecule has 0 saturated carbocycles. The van der Waals surface area contributed by atoms with Crippen LogP contribution in [0.5, 0.6) is 5.75 Å². The van der Waals surface area contributed by atoms with Gasteiger partial charge in [0.25, 0.3) is 0 Å². The first-order valence-corrected chi connectivity index (χ1v) is 7.58. The fourth-order valence-corrected chi connectivity index (χ4v) is 2.24. The molecule has 124 valence electrons. The van der Waals surface area contributed by atoms with E-state index >= 15 is 0 Å². The number of rotatable bonds is 6. The second-order valence-corrected chi connectivity index (χ2v) is 5.31. The number of hydrogen-bond acceptors (Lipinski definition) is 4. The largest absolute Gasteiger partial charge is 0.487 e. The molecule has 5 nitrogen and oxygen atoms in total. The summed E-state index contributed by atoms with van der Waals surface area (Å²) in [7, 11) is 0. The number of para-hydroxylation sites is 1. The van der Waals surface area contributed by atoms with Crippen LogP contribution in [0.15, 0.2) is 24.3 Å². The van der Waals surface area contributed by atoms with Gasteiger partial charge in [-0.15, -0.1) is 12.4 Å². The van der Waals surface area contributed by atoms with Crippen LogP contribution in [0.3, 0.4) is 0 Å². The summed E-state index contributed by atoms with van der Waals surface area (Å²) in [6.07, 6.45) is 0.665. The maximum Gasteiger partial charge on any atom is 0.239 e. The minimum atomic E-state index is -0.281. The molecule has 22 heavy (non-hydrogen) atoms. The second-order valence-electron chi connectivity index (χ2n) is 4.91. The van der Waals surface area contributed by atoms with Crippen molar-refractivity contribution < 1.29 is 14.3 Å². The van der Waals surface area contributed by atoms with E-state index in [1.807, 2.05) is 25.1 Å². The average molecular weight is 349 g/mol. The number of ether oxygens (including phenoxy) is 2. The van der Waals surface area contributed by atoms with E-state index in [4.69, 9.17) is 21.1 Å². The van der Waals surface area contributed by atoms with Gasteiger partial charge in [-0.1, -0.05) is 30.7 Å². The van der Waals surface area contributed by atoms with Crippen LogP contribution in [-0.4, -0.2) is 44.4 Å². The molecular weight excluding hydrogens is 327 g/mol. The summed E-state index contributed by atoms with van der Waals surface area (Å²) in [6.45, 7) is 4.21. The molecule has 0 bridgehead atoms. The highest BCUT2D eigenvalue weighted by Crippen LogP contribution is 2.24. The summed E-state index contributed by atoms with van der Waals surface area (Å²) < 4.78 is 11.1. The van der Waals surface area contributed by atoms with Gasteiger partial charge in [0.05, 0.1) is 24.8 Å². The van der Waals surface area contributed by atoms with Crippen molar-refractivity contribution in [2.75, 3.05) is 26.3 Å². The topological polar surface area (TPSA) is 59.6 Å². The fraction of sp³-hybridized carbons (Fsp3) is 0.533. The third kappa shape index (κ3) is 5.65. The number of hydrogen-bond donors (Lipinski definition) is 2. The summed E-state index contributed by atoms with van der Waals surface area (Å²) in [5.41, 5.74) is 0. The lowest BCUT2D eigenvalue weighted by atomic mass is 10.2. The molecule has 1 aliphatic rings. The van der Waals surface area contributed by atoms with Gasteiger partial charge in [0.1, 0.15) is 17.9 Å². The van der Waals surface area contributed by atoms with Gasteiger partial charge < -0.3 is 20.1 Å². The number of carbonyl (C=O) groups excluding carboxylic acids is 1. The van der Waals surface area contributed by atoms with Crippen molar-refractivity contribution >= 4 is 29.9 Å². The summed E-state index contributed by atoms with van der Waals surface area (Å²) in [5.74, 6) is 0.579. The molecular formula is C15H22Cl2N2O3. The van der Waals surface area contributed by atoms with Gasteiger partial charge in [0.15, 0.2) is 0 Å². The Morgan fingerprint density at radius 1 is 1.55 bits per heavy atom. The lowest BCUT2D eigenvalue weighted by molar-refractivity contribution is -0.126. The molecule has 0 radical (unpaired) electrons. The smallest absolute Gasteiger partial charge is 0.239 e. The standard InChI is InChI=1S/C15H21ClN2O3.ClH/c1-2-11(21-14-6-4-3-5-12(14)16)9-18-15(19)13-10-20-8-7-17-13;/h3-6,11,13,17H,2,7-10H2,1H3,(H,18,19);1H. The van der Waals surface area contributed by atoms with E-state index in [1.54, 1.807) is 6.07 Å². The lowest BCUT2D eigenvalue weighted by Gasteiger charge is -2.24. The zero-order valence-electron chi connectivity index (χ0n) is 12.5. The van der Waals surface area contributed by atoms with Crippen molar-refractivity contribution in [2.24, 2.45) is 0 Å². The Hall–Kier alpha value is -1.01. The summed E-state index contributed by atoms with van der Waals surface area (Å²) in [4.78, 5) is 12.0. The summed E-state index contributed by atoms with van der Waals surface area (Å²) in [6, 6.07) is 7.05. The Morgan fingerprint density at radius 2 is 2.32 bits per heavy atom. The third-order valence-corrected chi connectivity index (χ3v) is 3.64. The van der Waals surface area contributed by atoms with Crippen LogP contribution in [0.25, 0.3) is 0 Å². The maximum atomic E-state index is 12.0. The Morgan fingerprint density at radius 3 is 2.95 bits per heavy atom. The van der Waals surface area contributed by atoms with Gasteiger partial charge in [0, 0.05) is 6.54 Å². The molecule has 2 N–H and O–H groups in total. The Balaban J connectivity index is 0.00000242. The normalized spacial score (nSPS) is 18.9. The molecule has 1 aliphatic heterocycles. The van der Waals surface area contributed by atoms with E-state index < -0.39 is 0 Å². The molecule has 1 fully saturated rings. The molecule has 1 amide bonds. The van der Waals surface area contributed by atoms with Gasteiger partial charge in [-0.3, -0.25) is 4.79 Å². The highest BCUT2D eigenvalue weighted by Gasteiger charge is 2.22. The van der Waals surface area contributed by atoms with Crippen molar-refractivity contribution in [1.82, 2.24) is 10.6 Å². The molecule has 1 aromatic carbocycles. The SMILES string of the molecule is CCC(CNC(=O)C1COCCN1)Oc1ccccc1Cl.Cl. The van der Waals surface area contributed by atoms with Crippen molar-refractivity contribution in [3.05, 3.63) is 29.3 Å². The fourth-order valence-electron chi connectivity index (χ4n) is 2.06. The van der Waals surface area contributed by atoms with Gasteiger partial charge in [0.2, 0.25) is 5.91 Å². The van der Waals surface area contributed by atoms with E-state index in [0.717, 1.165) is 6.42 Å². The van der Waals surface area contributed by atoms with Crippen LogP contribution in [0.2, 0.25) is 5.02 Å². The minimum absolute atomic E-state index is 0. The Kier molecular flexibility index (Phi) is 8.56. The predicted octanol–water partition coefficient (Wildman–Crippen LogP) is 2.02. The first-order chi connectivity index (χ1) is 10.2. The van der Waals surface area contributed by atoms with Gasteiger partial charge in [-0.05, 0) is 18.6 Å². The van der Waals surface area contributed by atoms with Crippen LogP contribution in [0.4, 0.5) is 0 Å². The van der Waals surface area contributed by atoms with Gasteiger partial charge in [-0.2, -0.15) is 0 Å². The van der Waals surface area contributed by atoms with Crippen LogP contribution in [0.1, 0.15) is 13.3 Å². The monoisotopic (exact) mass is 348 g/mol. The molecule has 1 aromatic rings. The number of benzene rings is 1. The van der Waals surface area contributed by atoms with Crippen LogP contribution < -0.4 is 15.4 Å². The molecule has 2 unspecified atom stereocenters. The summed E-state index contributed by atoms with van der Waals surface area (Å²) >= 11 is 6.07. The quantitative estimate of drug-likeness (QED) is 0.825. The van der Waals surface area contributed by atoms with E-state index in [0.29, 0.717) is 37.1 Å². The molecule has 7 heteroatoms. The van der Waals surface area contributed by atoms with E-state index in [9.17, 15) is 4.79 Å². The number of amides is 1. The molecule has 2 rings (SSSR count). The maximum absolute atomic E-state index is 12.0. The molecule has 0 spiro atoms. The minimum Gasteiger partial charge on any atom is -0.487 e. The highest BCUT2D eigenvalue weighted by molar-refractivity contribution is 6.32. The molecule has 2 atom stereocenters. The average Bonchev–Trinajstić information content (AvgIpc) is 2.53. The van der Waals surface area contributed by atoms with E-state index in [-0.39, 0.29) is 30.5 Å². The van der Waals surface area contributed by atoms with Crippen LogP contribution in [-0.2, 0) is 9.53 Å². The first-order valence-electron chi connectivity index (χ1n) is 7.20. The number of carbonyl (C=O) groups is 1. The van der Waals surface area contributed by atoms with Crippen molar-refractivity contribution in [1.29, 1.82) is 0 Å². The Labute approximate surface area is 142 Å². The van der Waals surface area contributed by atoms with E-state index in [1.165, 1.54) is 0 Å². The predicted molar refractivity (Wildman–Crippen MR) is 89.0 cm³/mol. The first kappa shape index (κ1) is 19.0. The highest BCUT2D eigenvalue weighted by atomic mass is 35.5. The number of morpholine rings is 1. The zero-order valence-corrected chi connectivity index (χ0v) is 14.1. The van der Waals surface area contributed by atoms with Crippen LogP contribution >= 0.6 is 24.0 Å². The second kappa shape index (κ2) is 9.90. The Bertz CT molecular complexity index is 468. The molecule has 0 aliphatic carbocycles. The van der Waals surface area contributed by atoms with Crippen LogP contribution in [0, 0.1) is 0 Å². The van der Waals surface area contributed by atoms with Crippen molar-refractivity contribution in [3.63, 3.8) is 0 Å². The van der Waals surface area contributed by atoms with E-state index in [2.05, 4.69) is 10.6 Å². The van der Waals surface area contributed by atoms with Crippen molar-refractivity contribution in [2.45, 2.75) is 25.5 Å². The molecule has 1 heterocycles. The molecule has 0 aromatic heterocycles. The van der Waals surface area contributed by atoms with Gasteiger partial charge in [-0.25, -0.2) is 0 Å². The number of nitrogens with one attached hydrogen (secondary N) is 2. The third-order valence-electron chi connectivity index (χ3n) is 3.33. The summed E-state index contributed by atoms with van der Waals surface area (Å²) in [5, 5.41) is 6.59. The lowest BCUT2D eigenvalue weighted by Crippen LogP contribution is -2.52.